The van der Waals surface area contributed by atoms with Crippen LogP contribution in [0.25, 0.3) is 0 Å². The molecule has 3 fully saturated rings. The summed E-state index contributed by atoms with van der Waals surface area (Å²) in [5, 5.41) is 11.9. The third kappa shape index (κ3) is 2.69. The Balaban J connectivity index is 1.39. The molecule has 1 aliphatic heterocycles. The number of aliphatic hydroxyl groups is 1. The van der Waals surface area contributed by atoms with E-state index in [2.05, 4.69) is 35.8 Å². The van der Waals surface area contributed by atoms with Crippen LogP contribution in [0.5, 0.6) is 0 Å². The maximum Gasteiger partial charge on any atom is 0.142 e. The highest BCUT2D eigenvalue weighted by Crippen LogP contribution is 2.65. The van der Waals surface area contributed by atoms with Crippen LogP contribution in [-0.2, 0) is 4.79 Å². The molecule has 0 unspecified atom stereocenters. The number of halogens is 1. The first-order valence-electron chi connectivity index (χ1n) is 9.79. The number of rotatable bonds is 4. The normalized spacial score (nSPS) is 32.2. The van der Waals surface area contributed by atoms with Gasteiger partial charge < -0.3 is 10.0 Å². The van der Waals surface area contributed by atoms with Crippen LogP contribution in [0.2, 0.25) is 5.02 Å². The number of fused-ring (bicyclic) bond motifs is 2. The fourth-order valence-electron chi connectivity index (χ4n) is 5.73. The van der Waals surface area contributed by atoms with Crippen LogP contribution in [0.3, 0.4) is 0 Å². The summed E-state index contributed by atoms with van der Waals surface area (Å²) >= 11 is 5.98. The molecule has 2 bridgehead atoms. The van der Waals surface area contributed by atoms with Crippen molar-refractivity contribution in [1.29, 1.82) is 0 Å². The summed E-state index contributed by atoms with van der Waals surface area (Å²) in [5.41, 5.74) is 0.596. The second-order valence-corrected chi connectivity index (χ2v) is 9.27. The zero-order valence-corrected chi connectivity index (χ0v) is 16.5. The van der Waals surface area contributed by atoms with E-state index in [1.165, 1.54) is 5.69 Å². The first kappa shape index (κ1) is 18.3. The first-order chi connectivity index (χ1) is 12.3. The Morgan fingerprint density at radius 3 is 2.38 bits per heavy atom. The number of piperazine rings is 1. The van der Waals surface area contributed by atoms with Crippen molar-refractivity contribution in [3.05, 3.63) is 29.3 Å². The largest absolute Gasteiger partial charge is 0.391 e. The molecule has 0 radical (unpaired) electrons. The minimum absolute atomic E-state index is 0.0748. The molecule has 0 aromatic heterocycles. The maximum absolute atomic E-state index is 12.7. The van der Waals surface area contributed by atoms with E-state index in [4.69, 9.17) is 11.6 Å². The SMILES string of the molecule is CC1(C)[C@@H]2CC[C@@]1([C@@H](O)CN1CCN(c3ccc(Cl)cc3)CC1)C(=O)C2. The van der Waals surface area contributed by atoms with E-state index in [0.29, 0.717) is 24.7 Å². The number of Topliss-reactive ketones (excluding diaryl/α,β-unsaturated/α-hetero) is 1. The molecular weight excluding hydrogens is 348 g/mol. The average Bonchev–Trinajstić information content (AvgIpc) is 2.99. The van der Waals surface area contributed by atoms with Gasteiger partial charge in [0, 0.05) is 49.9 Å². The predicted octanol–water partition coefficient (Wildman–Crippen LogP) is 3.22. The van der Waals surface area contributed by atoms with Gasteiger partial charge in [0.2, 0.25) is 0 Å². The number of hydrogen-bond donors (Lipinski definition) is 1. The summed E-state index contributed by atoms with van der Waals surface area (Å²) in [7, 11) is 0. The molecule has 1 N–H and O–H groups in total. The average molecular weight is 377 g/mol. The summed E-state index contributed by atoms with van der Waals surface area (Å²) < 4.78 is 0. The molecule has 1 aromatic carbocycles. The minimum atomic E-state index is -0.556. The van der Waals surface area contributed by atoms with Crippen molar-refractivity contribution in [3.8, 4) is 0 Å². The van der Waals surface area contributed by atoms with Gasteiger partial charge in [-0.1, -0.05) is 25.4 Å². The quantitative estimate of drug-likeness (QED) is 0.876. The molecule has 3 aliphatic rings. The second-order valence-electron chi connectivity index (χ2n) is 8.84. The Kier molecular flexibility index (Phi) is 4.57. The van der Waals surface area contributed by atoms with E-state index >= 15 is 0 Å². The van der Waals surface area contributed by atoms with E-state index in [9.17, 15) is 9.90 Å². The van der Waals surface area contributed by atoms with Crippen molar-refractivity contribution in [3.63, 3.8) is 0 Å². The molecule has 2 saturated carbocycles. The van der Waals surface area contributed by atoms with Crippen molar-refractivity contribution in [2.75, 3.05) is 37.6 Å². The van der Waals surface area contributed by atoms with Crippen molar-refractivity contribution in [2.24, 2.45) is 16.7 Å². The van der Waals surface area contributed by atoms with E-state index in [0.717, 1.165) is 44.0 Å². The molecule has 0 spiro atoms. The summed E-state index contributed by atoms with van der Waals surface area (Å²) in [4.78, 5) is 17.4. The standard InChI is InChI=1S/C21H29ClN2O2/c1-20(2)15-7-8-21(20,18(25)13-15)19(26)14-23-9-11-24(12-10-23)17-5-3-16(22)4-6-17/h3-6,15,19,26H,7-14H2,1-2H3/t15-,19+,21+/m1/s1. The molecule has 1 saturated heterocycles. The monoisotopic (exact) mass is 376 g/mol. The van der Waals surface area contributed by atoms with Gasteiger partial charge in [-0.25, -0.2) is 0 Å². The fourth-order valence-corrected chi connectivity index (χ4v) is 5.86. The molecule has 142 valence electrons. The fraction of sp³-hybridized carbons (Fsp3) is 0.667. The number of anilines is 1. The van der Waals surface area contributed by atoms with Crippen LogP contribution >= 0.6 is 11.6 Å². The Morgan fingerprint density at radius 2 is 1.85 bits per heavy atom. The van der Waals surface area contributed by atoms with E-state index in [-0.39, 0.29) is 5.41 Å². The molecule has 26 heavy (non-hydrogen) atoms. The van der Waals surface area contributed by atoms with Gasteiger partial charge in [-0.05, 0) is 48.4 Å². The molecule has 4 nitrogen and oxygen atoms in total. The topological polar surface area (TPSA) is 43.8 Å². The molecule has 4 rings (SSSR count). The van der Waals surface area contributed by atoms with Gasteiger partial charge in [-0.15, -0.1) is 0 Å². The molecule has 1 aromatic rings. The van der Waals surface area contributed by atoms with Crippen LogP contribution in [-0.4, -0.2) is 54.6 Å². The van der Waals surface area contributed by atoms with Gasteiger partial charge >= 0.3 is 0 Å². The van der Waals surface area contributed by atoms with Crippen LogP contribution in [0, 0.1) is 16.7 Å². The summed E-state index contributed by atoms with van der Waals surface area (Å²) in [6, 6.07) is 7.97. The Bertz CT molecular complexity index is 682. The Hall–Kier alpha value is -1.10. The number of carbonyl (C=O) groups excluding carboxylic acids is 1. The lowest BCUT2D eigenvalue weighted by Gasteiger charge is -2.44. The highest BCUT2D eigenvalue weighted by atomic mass is 35.5. The molecular formula is C21H29ClN2O2. The van der Waals surface area contributed by atoms with Gasteiger partial charge in [-0.2, -0.15) is 0 Å². The van der Waals surface area contributed by atoms with E-state index < -0.39 is 11.5 Å². The summed E-state index contributed by atoms with van der Waals surface area (Å²) in [5.74, 6) is 0.748. The third-order valence-electron chi connectivity index (χ3n) is 7.55. The van der Waals surface area contributed by atoms with Crippen LogP contribution in [0.4, 0.5) is 5.69 Å². The number of ketones is 1. The van der Waals surface area contributed by atoms with Crippen LogP contribution in [0.15, 0.2) is 24.3 Å². The molecule has 5 heteroatoms. The lowest BCUT2D eigenvalue weighted by atomic mass is 9.65. The third-order valence-corrected chi connectivity index (χ3v) is 7.80. The molecule has 3 atom stereocenters. The minimum Gasteiger partial charge on any atom is -0.391 e. The number of hydrogen-bond acceptors (Lipinski definition) is 4. The zero-order valence-electron chi connectivity index (χ0n) is 15.7. The number of nitrogens with zero attached hydrogens (tertiary/aromatic N) is 2. The summed E-state index contributed by atoms with van der Waals surface area (Å²) in [6.07, 6.45) is 2.05. The van der Waals surface area contributed by atoms with E-state index in [1.807, 2.05) is 12.1 Å². The molecule has 2 aliphatic carbocycles. The lowest BCUT2D eigenvalue weighted by molar-refractivity contribution is -0.140. The van der Waals surface area contributed by atoms with Crippen LogP contribution < -0.4 is 4.90 Å². The van der Waals surface area contributed by atoms with Gasteiger partial charge in [0.15, 0.2) is 0 Å². The maximum atomic E-state index is 12.7. The highest BCUT2D eigenvalue weighted by molar-refractivity contribution is 6.30. The van der Waals surface area contributed by atoms with Gasteiger partial charge in [-0.3, -0.25) is 9.69 Å². The van der Waals surface area contributed by atoms with Crippen LogP contribution in [0.1, 0.15) is 33.1 Å². The smallest absolute Gasteiger partial charge is 0.142 e. The number of carbonyl (C=O) groups is 1. The lowest BCUT2D eigenvalue weighted by Crippen LogP contribution is -2.54. The Morgan fingerprint density at radius 1 is 1.19 bits per heavy atom. The molecule has 1 heterocycles. The number of β-amino-alcohol motifs (C(OH)–C–C–N with tert-alkyl or cyclic N) is 1. The zero-order chi connectivity index (χ0) is 18.5. The summed E-state index contributed by atoms with van der Waals surface area (Å²) in [6.45, 7) is 8.68. The van der Waals surface area contributed by atoms with Crippen molar-refractivity contribution < 1.29 is 9.90 Å². The number of benzene rings is 1. The van der Waals surface area contributed by atoms with E-state index in [1.54, 1.807) is 0 Å². The highest BCUT2D eigenvalue weighted by Gasteiger charge is 2.67. The predicted molar refractivity (Wildman–Crippen MR) is 105 cm³/mol. The second kappa shape index (κ2) is 6.50. The first-order valence-corrected chi connectivity index (χ1v) is 10.2. The van der Waals surface area contributed by atoms with Gasteiger partial charge in [0.05, 0.1) is 11.5 Å². The van der Waals surface area contributed by atoms with Crippen molar-refractivity contribution in [2.45, 2.75) is 39.2 Å². The number of aliphatic hydroxyl groups excluding tert-OH is 1. The Labute approximate surface area is 161 Å². The van der Waals surface area contributed by atoms with Gasteiger partial charge in [0.1, 0.15) is 5.78 Å². The van der Waals surface area contributed by atoms with Crippen molar-refractivity contribution >= 4 is 23.1 Å². The molecule has 0 amide bonds. The van der Waals surface area contributed by atoms with Gasteiger partial charge in [0.25, 0.3) is 0 Å². The van der Waals surface area contributed by atoms with Crippen molar-refractivity contribution in [1.82, 2.24) is 4.90 Å².